The molecule has 272 valence electrons. The maximum absolute atomic E-state index is 13.7. The number of pyridine rings is 2. The summed E-state index contributed by atoms with van der Waals surface area (Å²) in [5.41, 5.74) is 3.26. The first-order chi connectivity index (χ1) is 23.9. The Morgan fingerprint density at radius 3 is 2.37 bits per heavy atom. The van der Waals surface area contributed by atoms with Crippen molar-refractivity contribution >= 4 is 30.1 Å². The van der Waals surface area contributed by atoms with Crippen molar-refractivity contribution in [1.29, 1.82) is 0 Å². The van der Waals surface area contributed by atoms with Crippen LogP contribution >= 0.6 is 0 Å². The van der Waals surface area contributed by atoms with E-state index < -0.39 is 36.1 Å². The van der Waals surface area contributed by atoms with E-state index in [1.54, 1.807) is 53.6 Å². The van der Waals surface area contributed by atoms with Crippen molar-refractivity contribution in [2.45, 2.75) is 95.2 Å². The number of anilines is 1. The zero-order chi connectivity index (χ0) is 37.0. The quantitative estimate of drug-likeness (QED) is 0.152. The highest BCUT2D eigenvalue weighted by Gasteiger charge is 2.41. The summed E-state index contributed by atoms with van der Waals surface area (Å²) in [7, 11) is -5.95. The molecule has 0 aliphatic carbocycles. The van der Waals surface area contributed by atoms with E-state index >= 15 is 0 Å². The van der Waals surface area contributed by atoms with Crippen molar-refractivity contribution in [3.8, 4) is 17.0 Å². The van der Waals surface area contributed by atoms with Gasteiger partial charge in [-0.2, -0.15) is 0 Å². The zero-order valence-electron chi connectivity index (χ0n) is 30.8. The van der Waals surface area contributed by atoms with Gasteiger partial charge in [0.1, 0.15) is 17.5 Å². The molecule has 0 saturated carbocycles. The highest BCUT2D eigenvalue weighted by Crippen LogP contribution is 2.40. The Bertz CT molecular complexity index is 1890. The third-order valence-electron chi connectivity index (χ3n) is 9.22. The lowest BCUT2D eigenvalue weighted by molar-refractivity contribution is 0.00490. The summed E-state index contributed by atoms with van der Waals surface area (Å²) in [5.74, 6) is 0.757. The first-order valence-electron chi connectivity index (χ1n) is 17.3. The number of aryl methyl sites for hydroxylation is 1. The van der Waals surface area contributed by atoms with Crippen molar-refractivity contribution in [2.24, 2.45) is 0 Å². The number of hydrogen-bond donors (Lipinski definition) is 1. The number of aromatic nitrogens is 2. The lowest BCUT2D eigenvalue weighted by Crippen LogP contribution is -2.48. The molecule has 1 N–H and O–H groups in total. The number of fused-ring (bicyclic) bond motifs is 1. The predicted octanol–water partition coefficient (Wildman–Crippen LogP) is 8.64. The largest absolute Gasteiger partial charge is 0.488 e. The van der Waals surface area contributed by atoms with Crippen LogP contribution in [0.4, 0.5) is 10.5 Å². The van der Waals surface area contributed by atoms with Crippen molar-refractivity contribution in [3.05, 3.63) is 103 Å². The molecule has 4 aromatic rings. The van der Waals surface area contributed by atoms with Crippen LogP contribution in [0, 0.1) is 0 Å². The van der Waals surface area contributed by atoms with E-state index in [1.807, 2.05) is 51.2 Å². The van der Waals surface area contributed by atoms with Crippen LogP contribution in [0.2, 0.25) is 18.1 Å². The van der Waals surface area contributed by atoms with Gasteiger partial charge in [-0.3, -0.25) is 14.7 Å². The molecule has 0 radical (unpaired) electrons. The summed E-state index contributed by atoms with van der Waals surface area (Å²) in [5, 5.41) is -0.0310. The second kappa shape index (κ2) is 15.1. The molecule has 2 aromatic carbocycles. The Morgan fingerprint density at radius 2 is 1.75 bits per heavy atom. The van der Waals surface area contributed by atoms with E-state index in [0.717, 1.165) is 28.9 Å². The van der Waals surface area contributed by atoms with Gasteiger partial charge in [0.05, 0.1) is 41.7 Å². The van der Waals surface area contributed by atoms with Crippen LogP contribution in [-0.4, -0.2) is 62.5 Å². The number of nitrogens with one attached hydrogen (secondary N) is 1. The van der Waals surface area contributed by atoms with Gasteiger partial charge in [-0.1, -0.05) is 45.0 Å². The predicted molar refractivity (Wildman–Crippen MR) is 203 cm³/mol. The number of ether oxygens (including phenoxy) is 2. The standard InChI is InChI=1S/C39H50N4O6SSi/c1-38(2,3)48-37(44)43(27-36(30-13-12-22-40-24-30)49-51(7,8)39(4,5)6)26-32-19-16-29-23-28(17-21-35(29)47-32)34-20-18-31(25-41-34)42-50(45,46)33-14-10-9-11-15-33/h9-15,17-18,20-25,32,36,42H,16,19,26-27H2,1-8H3/t32-,36+/m1/s1. The van der Waals surface area contributed by atoms with E-state index in [1.165, 1.54) is 6.20 Å². The fourth-order valence-electron chi connectivity index (χ4n) is 5.48. The Balaban J connectivity index is 1.31. The van der Waals surface area contributed by atoms with Gasteiger partial charge in [-0.05, 0) is 111 Å². The molecule has 5 rings (SSSR count). The summed E-state index contributed by atoms with van der Waals surface area (Å²) in [4.78, 5) is 24.5. The molecule has 3 heterocycles. The lowest BCUT2D eigenvalue weighted by atomic mass is 9.98. The molecule has 0 unspecified atom stereocenters. The summed E-state index contributed by atoms with van der Waals surface area (Å²) in [6.07, 6.45) is 5.44. The normalized spacial score (nSPS) is 15.6. The molecule has 1 amide bonds. The van der Waals surface area contributed by atoms with Crippen molar-refractivity contribution in [3.63, 3.8) is 0 Å². The van der Waals surface area contributed by atoms with Crippen molar-refractivity contribution in [2.75, 3.05) is 17.8 Å². The minimum absolute atomic E-state index is 0.0310. The molecule has 2 atom stereocenters. The fraction of sp³-hybridized carbons (Fsp3) is 0.410. The molecule has 0 spiro atoms. The van der Waals surface area contributed by atoms with Crippen LogP contribution in [0.3, 0.4) is 0 Å². The van der Waals surface area contributed by atoms with E-state index in [0.29, 0.717) is 30.9 Å². The molecule has 0 bridgehead atoms. The van der Waals surface area contributed by atoms with Crippen LogP contribution in [0.5, 0.6) is 5.75 Å². The molecular formula is C39H50N4O6SSi. The highest BCUT2D eigenvalue weighted by atomic mass is 32.2. The lowest BCUT2D eigenvalue weighted by Gasteiger charge is -2.41. The second-order valence-corrected chi connectivity index (χ2v) is 21.9. The smallest absolute Gasteiger partial charge is 0.410 e. The molecule has 0 fully saturated rings. The average molecular weight is 731 g/mol. The van der Waals surface area contributed by atoms with Gasteiger partial charge in [0.15, 0.2) is 8.32 Å². The molecule has 10 nitrogen and oxygen atoms in total. The number of rotatable bonds is 11. The van der Waals surface area contributed by atoms with E-state index in [-0.39, 0.29) is 16.0 Å². The fourth-order valence-corrected chi connectivity index (χ4v) is 7.82. The summed E-state index contributed by atoms with van der Waals surface area (Å²) in [6.45, 7) is 17.2. The molecule has 1 aliphatic heterocycles. The van der Waals surface area contributed by atoms with E-state index in [4.69, 9.17) is 13.9 Å². The Morgan fingerprint density at radius 1 is 1.00 bits per heavy atom. The third-order valence-corrected chi connectivity index (χ3v) is 15.1. The van der Waals surface area contributed by atoms with Crippen LogP contribution in [-0.2, 0) is 25.6 Å². The number of hydrogen-bond acceptors (Lipinski definition) is 8. The molecular weight excluding hydrogens is 681 g/mol. The molecule has 51 heavy (non-hydrogen) atoms. The van der Waals surface area contributed by atoms with Gasteiger partial charge in [-0.25, -0.2) is 13.2 Å². The Hall–Kier alpha value is -4.26. The van der Waals surface area contributed by atoms with Gasteiger partial charge in [0.2, 0.25) is 0 Å². The minimum Gasteiger partial charge on any atom is -0.488 e. The number of carbonyl (C=O) groups excluding carboxylic acids is 1. The maximum Gasteiger partial charge on any atom is 0.410 e. The second-order valence-electron chi connectivity index (χ2n) is 15.5. The molecule has 2 aromatic heterocycles. The number of benzene rings is 2. The zero-order valence-corrected chi connectivity index (χ0v) is 32.7. The molecule has 1 aliphatic rings. The van der Waals surface area contributed by atoms with Crippen molar-refractivity contribution in [1.82, 2.24) is 14.9 Å². The Labute approximate surface area is 303 Å². The Kier molecular flexibility index (Phi) is 11.3. The van der Waals surface area contributed by atoms with Crippen molar-refractivity contribution < 1.29 is 27.1 Å². The first-order valence-corrected chi connectivity index (χ1v) is 21.7. The summed E-state index contributed by atoms with van der Waals surface area (Å²) >= 11 is 0. The van der Waals surface area contributed by atoms with Gasteiger partial charge >= 0.3 is 6.09 Å². The van der Waals surface area contributed by atoms with Crippen LogP contribution in [0.25, 0.3) is 11.3 Å². The van der Waals surface area contributed by atoms with Gasteiger partial charge in [0.25, 0.3) is 10.0 Å². The van der Waals surface area contributed by atoms with Crippen LogP contribution < -0.4 is 9.46 Å². The number of carbonyl (C=O) groups is 1. The first kappa shape index (κ1) is 38.0. The SMILES string of the molecule is CC(C)(C)OC(=O)N(C[C@H]1CCc2cc(-c3ccc(NS(=O)(=O)c4ccccc4)cn3)ccc2O1)C[C@H](O[Si](C)(C)C(C)(C)C)c1cccnc1. The van der Waals surface area contributed by atoms with E-state index in [2.05, 4.69) is 54.6 Å². The highest BCUT2D eigenvalue weighted by molar-refractivity contribution is 7.92. The topological polar surface area (TPSA) is 120 Å². The minimum atomic E-state index is -3.71. The number of nitrogens with zero attached hydrogens (tertiary/aromatic N) is 3. The average Bonchev–Trinajstić information content (AvgIpc) is 3.07. The van der Waals surface area contributed by atoms with Gasteiger partial charge in [-0.15, -0.1) is 0 Å². The monoisotopic (exact) mass is 730 g/mol. The maximum atomic E-state index is 13.7. The molecule has 0 saturated heterocycles. The van der Waals surface area contributed by atoms with Gasteiger partial charge in [0, 0.05) is 18.0 Å². The summed E-state index contributed by atoms with van der Waals surface area (Å²) < 4.78 is 47.4. The third kappa shape index (κ3) is 9.96. The van der Waals surface area contributed by atoms with Crippen LogP contribution in [0.15, 0.2) is 96.3 Å². The molecule has 12 heteroatoms. The number of amides is 1. The van der Waals surface area contributed by atoms with Crippen LogP contribution in [0.1, 0.15) is 65.2 Å². The number of sulfonamides is 1. The van der Waals surface area contributed by atoms with E-state index in [9.17, 15) is 13.2 Å². The van der Waals surface area contributed by atoms with Gasteiger partial charge < -0.3 is 18.8 Å². The summed E-state index contributed by atoms with van der Waals surface area (Å²) in [6, 6.07) is 21.5.